The quantitative estimate of drug-likeness (QED) is 0.237. The Morgan fingerprint density at radius 1 is 0.951 bits per heavy atom. The summed E-state index contributed by atoms with van der Waals surface area (Å²) in [4.78, 5) is 41.1. The van der Waals surface area contributed by atoms with Gasteiger partial charge in [-0.25, -0.2) is 18.6 Å². The first kappa shape index (κ1) is 31.0. The topological polar surface area (TPSA) is 113 Å². The third-order valence-electron chi connectivity index (χ3n) is 6.21. The molecule has 0 bridgehead atoms. The van der Waals surface area contributed by atoms with E-state index in [1.54, 1.807) is 31.2 Å². The van der Waals surface area contributed by atoms with Crippen molar-refractivity contribution in [3.63, 3.8) is 0 Å². The molecule has 1 aromatic heterocycles. The molecule has 41 heavy (non-hydrogen) atoms. The minimum Gasteiger partial charge on any atom is -0.493 e. The van der Waals surface area contributed by atoms with Gasteiger partial charge in [0, 0.05) is 25.1 Å². The van der Waals surface area contributed by atoms with Crippen LogP contribution in [-0.2, 0) is 31.9 Å². The normalized spacial score (nSPS) is 12.3. The number of hydrogen-bond donors (Lipinski definition) is 1. The van der Waals surface area contributed by atoms with Crippen LogP contribution < -0.4 is 14.8 Å². The standard InChI is InChI=1S/C30H32F2N2O7/c1-18(34-29(36)27-28(40-17-39-20(3)35)26(38-4)11-12-33-27)30(37)41-19(2)23(13-21-7-5-9-24(31)15-21)14-22-8-6-10-25(32)16-22/h5-12,15-16,18-19,23H,13-14,17H2,1-4H3,(H,34,36)/t18-,19?/m0/s1. The van der Waals surface area contributed by atoms with Crippen LogP contribution in [0.2, 0.25) is 0 Å². The SMILES string of the molecule is COc1ccnc(C(=O)N[C@@H](C)C(=O)OC(C)C(Cc2cccc(F)c2)Cc2cccc(F)c2)c1OCOC(C)=O. The van der Waals surface area contributed by atoms with E-state index in [-0.39, 0.29) is 23.1 Å². The lowest BCUT2D eigenvalue weighted by Crippen LogP contribution is -2.42. The van der Waals surface area contributed by atoms with Crippen LogP contribution in [0.1, 0.15) is 42.4 Å². The third-order valence-corrected chi connectivity index (χ3v) is 6.21. The number of methoxy groups -OCH3 is 1. The van der Waals surface area contributed by atoms with Crippen LogP contribution in [0.25, 0.3) is 0 Å². The summed E-state index contributed by atoms with van der Waals surface area (Å²) in [5.74, 6) is -3.09. The molecule has 1 heterocycles. The third kappa shape index (κ3) is 9.26. The molecule has 0 aliphatic carbocycles. The van der Waals surface area contributed by atoms with Crippen molar-refractivity contribution in [2.75, 3.05) is 13.9 Å². The maximum Gasteiger partial charge on any atom is 0.328 e. The molecule has 0 fully saturated rings. The predicted molar refractivity (Wildman–Crippen MR) is 144 cm³/mol. The van der Waals surface area contributed by atoms with Gasteiger partial charge in [-0.15, -0.1) is 0 Å². The summed E-state index contributed by atoms with van der Waals surface area (Å²) >= 11 is 0. The number of nitrogens with one attached hydrogen (secondary N) is 1. The number of carbonyl (C=O) groups excluding carboxylic acids is 3. The van der Waals surface area contributed by atoms with Crippen molar-refractivity contribution < 1.29 is 42.1 Å². The number of rotatable bonds is 13. The van der Waals surface area contributed by atoms with E-state index in [0.29, 0.717) is 24.0 Å². The van der Waals surface area contributed by atoms with Gasteiger partial charge in [-0.2, -0.15) is 0 Å². The maximum atomic E-state index is 13.8. The van der Waals surface area contributed by atoms with Crippen LogP contribution >= 0.6 is 0 Å². The first-order valence-electron chi connectivity index (χ1n) is 12.9. The molecular weight excluding hydrogens is 538 g/mol. The number of benzene rings is 2. The van der Waals surface area contributed by atoms with Gasteiger partial charge in [0.2, 0.25) is 6.79 Å². The van der Waals surface area contributed by atoms with Gasteiger partial charge in [0.25, 0.3) is 5.91 Å². The second kappa shape index (κ2) is 14.7. The molecule has 2 aromatic carbocycles. The molecule has 0 radical (unpaired) electrons. The van der Waals surface area contributed by atoms with Crippen LogP contribution in [0, 0.1) is 17.6 Å². The predicted octanol–water partition coefficient (Wildman–Crippen LogP) is 4.42. The van der Waals surface area contributed by atoms with Gasteiger partial charge in [-0.1, -0.05) is 24.3 Å². The van der Waals surface area contributed by atoms with E-state index >= 15 is 0 Å². The van der Waals surface area contributed by atoms with Gasteiger partial charge >= 0.3 is 11.9 Å². The molecule has 0 saturated heterocycles. The molecular formula is C30H32F2N2O7. The summed E-state index contributed by atoms with van der Waals surface area (Å²) in [5.41, 5.74) is 1.20. The number of carbonyl (C=O) groups is 3. The Hall–Kier alpha value is -4.54. The number of aromatic nitrogens is 1. The summed E-state index contributed by atoms with van der Waals surface area (Å²) in [6.45, 7) is 3.86. The maximum absolute atomic E-state index is 13.8. The molecule has 218 valence electrons. The molecule has 0 saturated carbocycles. The van der Waals surface area contributed by atoms with Crippen LogP contribution in [0.5, 0.6) is 11.5 Å². The Morgan fingerprint density at radius 2 is 1.56 bits per heavy atom. The summed E-state index contributed by atoms with van der Waals surface area (Å²) in [6.07, 6.45) is 1.37. The zero-order valence-corrected chi connectivity index (χ0v) is 23.2. The van der Waals surface area contributed by atoms with E-state index in [0.717, 1.165) is 0 Å². The van der Waals surface area contributed by atoms with Crippen LogP contribution in [0.15, 0.2) is 60.8 Å². The van der Waals surface area contributed by atoms with Crippen molar-refractivity contribution in [3.05, 3.63) is 89.2 Å². The molecule has 1 unspecified atom stereocenters. The summed E-state index contributed by atoms with van der Waals surface area (Å²) < 4.78 is 48.8. The van der Waals surface area contributed by atoms with E-state index in [1.807, 2.05) is 0 Å². The first-order valence-corrected chi connectivity index (χ1v) is 12.9. The van der Waals surface area contributed by atoms with Crippen LogP contribution in [-0.4, -0.2) is 48.9 Å². The fourth-order valence-corrected chi connectivity index (χ4v) is 4.11. The number of amides is 1. The van der Waals surface area contributed by atoms with Gasteiger partial charge in [-0.05, 0) is 62.1 Å². The van der Waals surface area contributed by atoms with Crippen molar-refractivity contribution in [2.45, 2.75) is 45.8 Å². The van der Waals surface area contributed by atoms with Crippen LogP contribution in [0.4, 0.5) is 8.78 Å². The van der Waals surface area contributed by atoms with Gasteiger partial charge in [0.15, 0.2) is 17.2 Å². The lowest BCUT2D eigenvalue weighted by molar-refractivity contribution is -0.152. The molecule has 0 aliphatic rings. The second-order valence-electron chi connectivity index (χ2n) is 9.35. The highest BCUT2D eigenvalue weighted by atomic mass is 19.1. The summed E-state index contributed by atoms with van der Waals surface area (Å²) in [7, 11) is 1.36. The average Bonchev–Trinajstić information content (AvgIpc) is 2.92. The summed E-state index contributed by atoms with van der Waals surface area (Å²) in [5, 5.41) is 2.53. The lowest BCUT2D eigenvalue weighted by atomic mass is 9.88. The minimum absolute atomic E-state index is 0.0760. The fourth-order valence-electron chi connectivity index (χ4n) is 4.11. The van der Waals surface area contributed by atoms with E-state index < -0.39 is 48.4 Å². The zero-order chi connectivity index (χ0) is 29.9. The smallest absolute Gasteiger partial charge is 0.328 e. The first-order chi connectivity index (χ1) is 19.6. The van der Waals surface area contributed by atoms with E-state index in [2.05, 4.69) is 10.3 Å². The Bertz CT molecular complexity index is 1320. The lowest BCUT2D eigenvalue weighted by Gasteiger charge is -2.26. The monoisotopic (exact) mass is 570 g/mol. The van der Waals surface area contributed by atoms with Crippen molar-refractivity contribution in [1.82, 2.24) is 10.3 Å². The molecule has 1 amide bonds. The molecule has 1 N–H and O–H groups in total. The highest BCUT2D eigenvalue weighted by Gasteiger charge is 2.28. The molecule has 11 heteroatoms. The fraction of sp³-hybridized carbons (Fsp3) is 0.333. The van der Waals surface area contributed by atoms with E-state index in [4.69, 9.17) is 18.9 Å². The average molecular weight is 571 g/mol. The number of nitrogens with zero attached hydrogens (tertiary/aromatic N) is 1. The van der Waals surface area contributed by atoms with Gasteiger partial charge in [0.1, 0.15) is 23.8 Å². The minimum atomic E-state index is -1.09. The molecule has 0 aliphatic heterocycles. The molecule has 3 rings (SSSR count). The van der Waals surface area contributed by atoms with E-state index in [1.165, 1.54) is 57.5 Å². The Labute approximate surface area is 236 Å². The van der Waals surface area contributed by atoms with Gasteiger partial charge < -0.3 is 24.3 Å². The van der Waals surface area contributed by atoms with Crippen molar-refractivity contribution in [3.8, 4) is 11.5 Å². The molecule has 2 atom stereocenters. The highest BCUT2D eigenvalue weighted by molar-refractivity contribution is 5.98. The van der Waals surface area contributed by atoms with Crippen molar-refractivity contribution in [1.29, 1.82) is 0 Å². The number of hydrogen-bond acceptors (Lipinski definition) is 8. The Balaban J connectivity index is 1.71. The zero-order valence-electron chi connectivity index (χ0n) is 23.2. The number of ether oxygens (including phenoxy) is 4. The van der Waals surface area contributed by atoms with Gasteiger partial charge in [-0.3, -0.25) is 9.59 Å². The number of halogens is 2. The van der Waals surface area contributed by atoms with E-state index in [9.17, 15) is 23.2 Å². The number of esters is 2. The van der Waals surface area contributed by atoms with Gasteiger partial charge in [0.05, 0.1) is 7.11 Å². The number of pyridine rings is 1. The summed E-state index contributed by atoms with van der Waals surface area (Å²) in [6, 6.07) is 12.6. The second-order valence-corrected chi connectivity index (χ2v) is 9.35. The van der Waals surface area contributed by atoms with Crippen molar-refractivity contribution >= 4 is 17.8 Å². The van der Waals surface area contributed by atoms with Crippen LogP contribution in [0.3, 0.4) is 0 Å². The largest absolute Gasteiger partial charge is 0.493 e. The highest BCUT2D eigenvalue weighted by Crippen LogP contribution is 2.29. The van der Waals surface area contributed by atoms with Crippen molar-refractivity contribution in [2.24, 2.45) is 5.92 Å². The molecule has 0 spiro atoms. The molecule has 3 aromatic rings. The Morgan fingerprint density at radius 3 is 2.10 bits per heavy atom. The Kier molecular flexibility index (Phi) is 11.1. The molecule has 9 nitrogen and oxygen atoms in total.